The molecule has 0 fully saturated rings. The molecule has 27 heavy (non-hydrogen) atoms. The van der Waals surface area contributed by atoms with Gasteiger partial charge in [-0.3, -0.25) is 9.59 Å². The smallest absolute Gasteiger partial charge is 0.262 e. The standard InChI is InChI=1S/C19H21IN2O5/c1-22(2)19(24)14-9-16(25-3)17(26-4)10-15(14)21-18(23)11-27-13-7-5-12(20)6-8-13/h5-10H,11H2,1-4H3,(H,21,23). The van der Waals surface area contributed by atoms with Gasteiger partial charge in [-0.05, 0) is 52.9 Å². The van der Waals surface area contributed by atoms with E-state index >= 15 is 0 Å². The maximum atomic E-state index is 12.5. The first kappa shape index (κ1) is 20.8. The number of rotatable bonds is 7. The molecule has 0 saturated heterocycles. The van der Waals surface area contributed by atoms with Crippen molar-refractivity contribution in [3.8, 4) is 17.2 Å². The minimum absolute atomic E-state index is 0.190. The van der Waals surface area contributed by atoms with E-state index in [9.17, 15) is 9.59 Å². The summed E-state index contributed by atoms with van der Waals surface area (Å²) in [5.41, 5.74) is 0.614. The zero-order chi connectivity index (χ0) is 20.0. The molecule has 2 aromatic rings. The predicted molar refractivity (Wildman–Crippen MR) is 111 cm³/mol. The molecule has 8 heteroatoms. The van der Waals surface area contributed by atoms with Crippen molar-refractivity contribution in [2.75, 3.05) is 40.2 Å². The summed E-state index contributed by atoms with van der Waals surface area (Å²) < 4.78 is 17.1. The molecule has 0 aromatic heterocycles. The molecule has 2 rings (SSSR count). The van der Waals surface area contributed by atoms with Crippen LogP contribution in [0.25, 0.3) is 0 Å². The summed E-state index contributed by atoms with van der Waals surface area (Å²) >= 11 is 2.19. The van der Waals surface area contributed by atoms with Crippen LogP contribution in [0.4, 0.5) is 5.69 Å². The first-order valence-electron chi connectivity index (χ1n) is 8.01. The number of nitrogens with one attached hydrogen (secondary N) is 1. The summed E-state index contributed by atoms with van der Waals surface area (Å²) in [6.45, 7) is -0.190. The number of methoxy groups -OCH3 is 2. The number of anilines is 1. The van der Waals surface area contributed by atoms with Crippen LogP contribution in [0, 0.1) is 3.57 Å². The maximum Gasteiger partial charge on any atom is 0.262 e. The highest BCUT2D eigenvalue weighted by Gasteiger charge is 2.20. The molecule has 1 N–H and O–H groups in total. The number of nitrogens with zero attached hydrogens (tertiary/aromatic N) is 1. The first-order chi connectivity index (χ1) is 12.8. The highest BCUT2D eigenvalue weighted by molar-refractivity contribution is 14.1. The van der Waals surface area contributed by atoms with Gasteiger partial charge in [0.1, 0.15) is 5.75 Å². The molecule has 144 valence electrons. The fourth-order valence-electron chi connectivity index (χ4n) is 2.27. The van der Waals surface area contributed by atoms with Gasteiger partial charge in [0.15, 0.2) is 18.1 Å². The topological polar surface area (TPSA) is 77.1 Å². The Morgan fingerprint density at radius 1 is 1.04 bits per heavy atom. The number of amides is 2. The van der Waals surface area contributed by atoms with Crippen LogP contribution in [0.15, 0.2) is 36.4 Å². The lowest BCUT2D eigenvalue weighted by molar-refractivity contribution is -0.118. The van der Waals surface area contributed by atoms with Crippen LogP contribution in [0.1, 0.15) is 10.4 Å². The van der Waals surface area contributed by atoms with E-state index in [1.54, 1.807) is 32.3 Å². The Hall–Kier alpha value is -2.49. The zero-order valence-electron chi connectivity index (χ0n) is 15.5. The van der Waals surface area contributed by atoms with Crippen LogP contribution in [-0.4, -0.2) is 51.6 Å². The molecule has 2 amide bonds. The molecule has 0 heterocycles. The van der Waals surface area contributed by atoms with Crippen molar-refractivity contribution in [2.24, 2.45) is 0 Å². The van der Waals surface area contributed by atoms with E-state index in [0.717, 1.165) is 3.57 Å². The Kier molecular flexibility index (Phi) is 7.28. The van der Waals surface area contributed by atoms with Crippen LogP contribution in [0.3, 0.4) is 0 Å². The van der Waals surface area contributed by atoms with Gasteiger partial charge in [-0.1, -0.05) is 0 Å². The summed E-state index contributed by atoms with van der Waals surface area (Å²) in [6, 6.07) is 10.4. The predicted octanol–water partition coefficient (Wildman–Crippen LogP) is 3.03. The second kappa shape index (κ2) is 9.45. The summed E-state index contributed by atoms with van der Waals surface area (Å²) in [5, 5.41) is 2.71. The summed E-state index contributed by atoms with van der Waals surface area (Å²) in [7, 11) is 6.22. The average molecular weight is 484 g/mol. The van der Waals surface area contributed by atoms with Crippen LogP contribution in [0.2, 0.25) is 0 Å². The molecule has 0 radical (unpaired) electrons. The van der Waals surface area contributed by atoms with Crippen molar-refractivity contribution < 1.29 is 23.8 Å². The van der Waals surface area contributed by atoms with Gasteiger partial charge in [-0.2, -0.15) is 0 Å². The van der Waals surface area contributed by atoms with Crippen molar-refractivity contribution in [1.82, 2.24) is 4.90 Å². The lowest BCUT2D eigenvalue weighted by Crippen LogP contribution is -2.26. The Bertz CT molecular complexity index is 822. The van der Waals surface area contributed by atoms with Crippen LogP contribution < -0.4 is 19.5 Å². The van der Waals surface area contributed by atoms with E-state index in [0.29, 0.717) is 28.5 Å². The fourth-order valence-corrected chi connectivity index (χ4v) is 2.63. The number of ether oxygens (including phenoxy) is 3. The van der Waals surface area contributed by atoms with Crippen molar-refractivity contribution in [3.05, 3.63) is 45.5 Å². The van der Waals surface area contributed by atoms with Crippen LogP contribution >= 0.6 is 22.6 Å². The summed E-state index contributed by atoms with van der Waals surface area (Å²) in [5.74, 6) is 0.721. The highest BCUT2D eigenvalue weighted by Crippen LogP contribution is 2.34. The molecule has 0 bridgehead atoms. The molecule has 0 unspecified atom stereocenters. The van der Waals surface area contributed by atoms with Gasteiger partial charge in [0.2, 0.25) is 0 Å². The van der Waals surface area contributed by atoms with E-state index in [1.807, 2.05) is 12.1 Å². The highest BCUT2D eigenvalue weighted by atomic mass is 127. The third-order valence-electron chi connectivity index (χ3n) is 3.62. The van der Waals surface area contributed by atoms with Crippen molar-refractivity contribution in [2.45, 2.75) is 0 Å². The minimum Gasteiger partial charge on any atom is -0.493 e. The fraction of sp³-hybridized carbons (Fsp3) is 0.263. The third-order valence-corrected chi connectivity index (χ3v) is 4.34. The average Bonchev–Trinajstić information content (AvgIpc) is 2.66. The van der Waals surface area contributed by atoms with Gasteiger partial charge < -0.3 is 24.4 Å². The van der Waals surface area contributed by atoms with Crippen molar-refractivity contribution >= 4 is 40.1 Å². The maximum absolute atomic E-state index is 12.5. The number of hydrogen-bond donors (Lipinski definition) is 1. The Balaban J connectivity index is 2.20. The Labute approximate surface area is 171 Å². The van der Waals surface area contributed by atoms with E-state index in [-0.39, 0.29) is 12.5 Å². The largest absolute Gasteiger partial charge is 0.493 e. The van der Waals surface area contributed by atoms with Gasteiger partial charge >= 0.3 is 0 Å². The van der Waals surface area contributed by atoms with Crippen LogP contribution in [-0.2, 0) is 4.79 Å². The molecule has 0 aliphatic carbocycles. The second-order valence-corrected chi connectivity index (χ2v) is 6.99. The lowest BCUT2D eigenvalue weighted by atomic mass is 10.1. The normalized spacial score (nSPS) is 10.1. The molecule has 0 spiro atoms. The molecule has 7 nitrogen and oxygen atoms in total. The van der Waals surface area contributed by atoms with Gasteiger partial charge in [-0.25, -0.2) is 0 Å². The Morgan fingerprint density at radius 2 is 1.63 bits per heavy atom. The van der Waals surface area contributed by atoms with E-state index in [1.165, 1.54) is 25.2 Å². The van der Waals surface area contributed by atoms with E-state index in [4.69, 9.17) is 14.2 Å². The molecule has 2 aromatic carbocycles. The minimum atomic E-state index is -0.395. The van der Waals surface area contributed by atoms with Crippen LogP contribution in [0.5, 0.6) is 17.2 Å². The monoisotopic (exact) mass is 484 g/mol. The number of carbonyl (C=O) groups is 2. The molecular formula is C19H21IN2O5. The molecule has 0 saturated carbocycles. The molecule has 0 aliphatic heterocycles. The molecule has 0 atom stereocenters. The summed E-state index contributed by atoms with van der Waals surface area (Å²) in [4.78, 5) is 26.2. The van der Waals surface area contributed by atoms with Gasteiger partial charge in [0.25, 0.3) is 11.8 Å². The van der Waals surface area contributed by atoms with Gasteiger partial charge in [0.05, 0.1) is 25.5 Å². The summed E-state index contributed by atoms with van der Waals surface area (Å²) in [6.07, 6.45) is 0. The molecular weight excluding hydrogens is 463 g/mol. The van der Waals surface area contributed by atoms with E-state index < -0.39 is 5.91 Å². The third kappa shape index (κ3) is 5.49. The van der Waals surface area contributed by atoms with Crippen molar-refractivity contribution in [3.63, 3.8) is 0 Å². The number of halogens is 1. The van der Waals surface area contributed by atoms with Gasteiger partial charge in [-0.15, -0.1) is 0 Å². The number of benzene rings is 2. The van der Waals surface area contributed by atoms with Crippen molar-refractivity contribution in [1.29, 1.82) is 0 Å². The first-order valence-corrected chi connectivity index (χ1v) is 9.09. The number of carbonyl (C=O) groups excluding carboxylic acids is 2. The quantitative estimate of drug-likeness (QED) is 0.612. The second-order valence-electron chi connectivity index (χ2n) is 5.74. The van der Waals surface area contributed by atoms with Gasteiger partial charge in [0, 0.05) is 23.7 Å². The molecule has 0 aliphatic rings. The Morgan fingerprint density at radius 3 is 2.19 bits per heavy atom. The SMILES string of the molecule is COc1cc(NC(=O)COc2ccc(I)cc2)c(C(=O)N(C)C)cc1OC. The number of hydrogen-bond acceptors (Lipinski definition) is 5. The lowest BCUT2D eigenvalue weighted by Gasteiger charge is -2.18. The van der Waals surface area contributed by atoms with E-state index in [2.05, 4.69) is 27.9 Å². The zero-order valence-corrected chi connectivity index (χ0v) is 17.7.